The fourth-order valence-corrected chi connectivity index (χ4v) is 4.98. The number of anilines is 2. The average Bonchev–Trinajstić information content (AvgIpc) is 3.26. The van der Waals surface area contributed by atoms with E-state index in [2.05, 4.69) is 16.0 Å². The van der Waals surface area contributed by atoms with E-state index in [1.54, 1.807) is 0 Å². The number of fused-ring (bicyclic) bond motifs is 1. The summed E-state index contributed by atoms with van der Waals surface area (Å²) in [6.45, 7) is 0. The molecule has 1 aromatic carbocycles. The van der Waals surface area contributed by atoms with Crippen LogP contribution < -0.4 is 20.9 Å². The topological polar surface area (TPSA) is 119 Å². The van der Waals surface area contributed by atoms with Crippen LogP contribution in [0.4, 0.5) is 24.9 Å². The number of thiocarbonyl (C=S) groups is 1. The first-order chi connectivity index (χ1) is 16.9. The highest BCUT2D eigenvalue weighted by molar-refractivity contribution is 8.23. The Labute approximate surface area is 215 Å². The van der Waals surface area contributed by atoms with Crippen LogP contribution in [0.5, 0.6) is 0 Å². The number of aromatic nitrogens is 2. The minimum Gasteiger partial charge on any atom is -0.475 e. The predicted octanol–water partition coefficient (Wildman–Crippen LogP) is 3.16. The fourth-order valence-electron chi connectivity index (χ4n) is 3.86. The number of amides is 1. The van der Waals surface area contributed by atoms with Crippen LogP contribution in [0.2, 0.25) is 0 Å². The monoisotopic (exact) mass is 544 g/mol. The normalized spacial score (nSPS) is 21.7. The first-order valence-electron chi connectivity index (χ1n) is 11.2. The van der Waals surface area contributed by atoms with Crippen LogP contribution in [0.3, 0.4) is 0 Å². The van der Waals surface area contributed by atoms with Crippen molar-refractivity contribution in [2.24, 2.45) is 0 Å². The number of benzene rings is 1. The van der Waals surface area contributed by atoms with Crippen molar-refractivity contribution in [2.75, 3.05) is 30.1 Å². The third-order valence-electron chi connectivity index (χ3n) is 5.65. The second-order valence-corrected chi connectivity index (χ2v) is 10.3. The SMILES string of the molecule is CN(C)c1nc(NC2CCC(NC(=O)C3CSC(=S)N3)CC2)nc2ccccc12.O=C(O)C(F)(F)F. The zero-order valence-corrected chi connectivity index (χ0v) is 21.3. The number of carbonyl (C=O) groups excluding carboxylic acids is 1. The quantitative estimate of drug-likeness (QED) is 0.418. The largest absolute Gasteiger partial charge is 0.490 e. The molecule has 2 aromatic rings. The Morgan fingerprint density at radius 3 is 2.31 bits per heavy atom. The van der Waals surface area contributed by atoms with E-state index < -0.39 is 12.1 Å². The molecule has 2 fully saturated rings. The summed E-state index contributed by atoms with van der Waals surface area (Å²) in [6.07, 6.45) is -1.24. The average molecular weight is 545 g/mol. The molecule has 14 heteroatoms. The molecular formula is C22H27F3N6O3S2. The summed E-state index contributed by atoms with van der Waals surface area (Å²) in [6, 6.07) is 8.41. The van der Waals surface area contributed by atoms with Crippen LogP contribution in [0.15, 0.2) is 24.3 Å². The van der Waals surface area contributed by atoms with Gasteiger partial charge in [0.05, 0.1) is 5.52 Å². The van der Waals surface area contributed by atoms with Crippen molar-refractivity contribution in [1.82, 2.24) is 20.6 Å². The van der Waals surface area contributed by atoms with Gasteiger partial charge in [0.2, 0.25) is 11.9 Å². The van der Waals surface area contributed by atoms with E-state index in [4.69, 9.17) is 32.1 Å². The Kier molecular flexibility index (Phi) is 9.17. The molecule has 0 bridgehead atoms. The van der Waals surface area contributed by atoms with E-state index in [9.17, 15) is 18.0 Å². The number of nitrogens with one attached hydrogen (secondary N) is 3. The highest BCUT2D eigenvalue weighted by Gasteiger charge is 2.38. The Morgan fingerprint density at radius 2 is 1.75 bits per heavy atom. The van der Waals surface area contributed by atoms with Gasteiger partial charge in [0.25, 0.3) is 0 Å². The second-order valence-electron chi connectivity index (χ2n) is 8.58. The Balaban J connectivity index is 0.000000454. The number of para-hydroxylation sites is 1. The lowest BCUT2D eigenvalue weighted by Gasteiger charge is -2.30. The Bertz CT molecular complexity index is 1110. The van der Waals surface area contributed by atoms with Crippen molar-refractivity contribution < 1.29 is 27.9 Å². The molecule has 1 saturated heterocycles. The number of carboxylic acid groups (broad SMARTS) is 1. The van der Waals surface area contributed by atoms with Crippen molar-refractivity contribution in [3.05, 3.63) is 24.3 Å². The van der Waals surface area contributed by atoms with Crippen LogP contribution in [-0.4, -0.2) is 75.4 Å². The van der Waals surface area contributed by atoms with Crippen molar-refractivity contribution in [2.45, 2.75) is 50.0 Å². The van der Waals surface area contributed by atoms with Crippen LogP contribution >= 0.6 is 24.0 Å². The molecule has 1 amide bonds. The number of hydrogen-bond donors (Lipinski definition) is 4. The Hall–Kier alpha value is -2.87. The van der Waals surface area contributed by atoms with Gasteiger partial charge in [-0.05, 0) is 37.8 Å². The van der Waals surface area contributed by atoms with Gasteiger partial charge in [-0.3, -0.25) is 4.79 Å². The summed E-state index contributed by atoms with van der Waals surface area (Å²) < 4.78 is 32.4. The van der Waals surface area contributed by atoms with Crippen LogP contribution in [-0.2, 0) is 9.59 Å². The van der Waals surface area contributed by atoms with Gasteiger partial charge in [-0.2, -0.15) is 18.2 Å². The van der Waals surface area contributed by atoms with E-state index in [-0.39, 0.29) is 18.0 Å². The lowest BCUT2D eigenvalue weighted by molar-refractivity contribution is -0.192. The van der Waals surface area contributed by atoms with E-state index in [0.717, 1.165) is 48.2 Å². The van der Waals surface area contributed by atoms with E-state index in [1.165, 1.54) is 11.8 Å². The summed E-state index contributed by atoms with van der Waals surface area (Å²) in [5.41, 5.74) is 0.939. The van der Waals surface area contributed by atoms with Crippen LogP contribution in [0.25, 0.3) is 10.9 Å². The first kappa shape index (κ1) is 27.7. The molecule has 36 heavy (non-hydrogen) atoms. The van der Waals surface area contributed by atoms with Crippen molar-refractivity contribution in [3.8, 4) is 0 Å². The highest BCUT2D eigenvalue weighted by atomic mass is 32.2. The van der Waals surface area contributed by atoms with Gasteiger partial charge in [-0.15, -0.1) is 0 Å². The number of thioether (sulfide) groups is 1. The molecule has 1 atom stereocenters. The lowest BCUT2D eigenvalue weighted by Crippen LogP contribution is -2.48. The summed E-state index contributed by atoms with van der Waals surface area (Å²) in [5, 5.41) is 17.9. The van der Waals surface area contributed by atoms with E-state index >= 15 is 0 Å². The second kappa shape index (κ2) is 11.9. The number of nitrogens with zero attached hydrogens (tertiary/aromatic N) is 3. The summed E-state index contributed by atoms with van der Waals surface area (Å²) in [4.78, 5) is 32.7. The smallest absolute Gasteiger partial charge is 0.475 e. The molecule has 9 nitrogen and oxygen atoms in total. The molecule has 1 aliphatic carbocycles. The van der Waals surface area contributed by atoms with Crippen LogP contribution in [0.1, 0.15) is 25.7 Å². The summed E-state index contributed by atoms with van der Waals surface area (Å²) in [5.74, 6) is -0.399. The van der Waals surface area contributed by atoms with Crippen molar-refractivity contribution in [1.29, 1.82) is 0 Å². The molecule has 1 aromatic heterocycles. The zero-order chi connectivity index (χ0) is 26.5. The highest BCUT2D eigenvalue weighted by Crippen LogP contribution is 2.26. The van der Waals surface area contributed by atoms with Gasteiger partial charge in [0, 0.05) is 37.3 Å². The maximum Gasteiger partial charge on any atom is 0.490 e. The molecule has 1 saturated carbocycles. The van der Waals surface area contributed by atoms with Crippen LogP contribution in [0, 0.1) is 0 Å². The molecule has 2 heterocycles. The Morgan fingerprint density at radius 1 is 1.14 bits per heavy atom. The van der Waals surface area contributed by atoms with Crippen molar-refractivity contribution in [3.63, 3.8) is 0 Å². The molecule has 4 N–H and O–H groups in total. The molecule has 1 unspecified atom stereocenters. The van der Waals surface area contributed by atoms with E-state index in [1.807, 2.05) is 43.3 Å². The van der Waals surface area contributed by atoms with Gasteiger partial charge in [-0.1, -0.05) is 36.1 Å². The molecular weight excluding hydrogens is 517 g/mol. The summed E-state index contributed by atoms with van der Waals surface area (Å²) >= 11 is 6.63. The molecule has 1 aliphatic heterocycles. The number of halogens is 3. The van der Waals surface area contributed by atoms with Gasteiger partial charge in [-0.25, -0.2) is 9.78 Å². The van der Waals surface area contributed by atoms with Gasteiger partial charge in [0.15, 0.2) is 0 Å². The number of alkyl halides is 3. The van der Waals surface area contributed by atoms with Crippen molar-refractivity contribution >= 4 is 62.8 Å². The zero-order valence-electron chi connectivity index (χ0n) is 19.6. The number of hydrogen-bond acceptors (Lipinski definition) is 8. The third kappa shape index (κ3) is 7.56. The standard InChI is InChI=1S/C20H26N6OS2.C2HF3O2/c1-26(2)17-14-5-3-4-6-15(14)23-19(25-17)22-13-9-7-12(8-10-13)21-18(27)16-11-29-20(28)24-16;3-2(4,5)1(6)7/h3-6,12-13,16H,7-11H2,1-2H3,(H,21,27)(H,24,28)(H,22,23,25);(H,6,7). The first-order valence-corrected chi connectivity index (χ1v) is 12.6. The number of carbonyl (C=O) groups is 2. The molecule has 0 radical (unpaired) electrons. The van der Waals surface area contributed by atoms with Gasteiger partial charge < -0.3 is 26.0 Å². The molecule has 0 spiro atoms. The maximum atomic E-state index is 12.4. The number of rotatable bonds is 5. The molecule has 2 aliphatic rings. The minimum atomic E-state index is -5.08. The molecule has 196 valence electrons. The predicted molar refractivity (Wildman–Crippen MR) is 137 cm³/mol. The third-order valence-corrected chi connectivity index (χ3v) is 7.00. The lowest BCUT2D eigenvalue weighted by atomic mass is 9.91. The number of aliphatic carboxylic acids is 1. The van der Waals surface area contributed by atoms with Gasteiger partial charge in [0.1, 0.15) is 16.2 Å². The fraction of sp³-hybridized carbons (Fsp3) is 0.500. The number of carboxylic acids is 1. The minimum absolute atomic E-state index is 0.0576. The van der Waals surface area contributed by atoms with Gasteiger partial charge >= 0.3 is 12.1 Å². The molecule has 4 rings (SSSR count). The summed E-state index contributed by atoms with van der Waals surface area (Å²) in [7, 11) is 3.99. The van der Waals surface area contributed by atoms with E-state index in [0.29, 0.717) is 16.3 Å². The maximum absolute atomic E-state index is 12.4.